The van der Waals surface area contributed by atoms with Crippen molar-refractivity contribution in [2.75, 3.05) is 34.2 Å². The highest BCUT2D eigenvalue weighted by atomic mass is 127. The largest absolute Gasteiger partial charge is 1.00 e. The molecule has 2 amide bonds. The van der Waals surface area contributed by atoms with E-state index in [0.29, 0.717) is 6.04 Å². The van der Waals surface area contributed by atoms with Gasteiger partial charge in [0.15, 0.2) is 0 Å². The number of halogens is 1. The fourth-order valence-corrected chi connectivity index (χ4v) is 1.99. The molecule has 1 saturated carbocycles. The summed E-state index contributed by atoms with van der Waals surface area (Å²) in [6.45, 7) is 1.69. The summed E-state index contributed by atoms with van der Waals surface area (Å²) in [4.78, 5) is 11.6. The van der Waals surface area contributed by atoms with Crippen LogP contribution in [-0.2, 0) is 0 Å². The molecule has 0 aromatic heterocycles. The lowest BCUT2D eigenvalue weighted by molar-refractivity contribution is -0.869. The van der Waals surface area contributed by atoms with E-state index in [1.54, 1.807) is 0 Å². The van der Waals surface area contributed by atoms with Crippen LogP contribution < -0.4 is 34.6 Å². The quantitative estimate of drug-likeness (QED) is 0.460. The Hall–Kier alpha value is -0.0400. The van der Waals surface area contributed by atoms with Gasteiger partial charge in [0.05, 0.1) is 34.2 Å². The molecule has 17 heavy (non-hydrogen) atoms. The van der Waals surface area contributed by atoms with E-state index in [-0.39, 0.29) is 30.0 Å². The van der Waals surface area contributed by atoms with Gasteiger partial charge in [-0.1, -0.05) is 19.3 Å². The van der Waals surface area contributed by atoms with Gasteiger partial charge in [0.2, 0.25) is 0 Å². The molecule has 0 heterocycles. The fourth-order valence-electron chi connectivity index (χ4n) is 1.99. The zero-order valence-electron chi connectivity index (χ0n) is 11.3. The minimum Gasteiger partial charge on any atom is -1.00 e. The van der Waals surface area contributed by atoms with E-state index >= 15 is 0 Å². The summed E-state index contributed by atoms with van der Waals surface area (Å²) in [6, 6.07) is 0.401. The van der Waals surface area contributed by atoms with E-state index in [4.69, 9.17) is 0 Å². The van der Waals surface area contributed by atoms with Crippen molar-refractivity contribution in [3.8, 4) is 0 Å². The lowest BCUT2D eigenvalue weighted by atomic mass is 9.96. The summed E-state index contributed by atoms with van der Waals surface area (Å²) >= 11 is 0. The number of nitrogens with one attached hydrogen (secondary N) is 2. The second-order valence-corrected chi connectivity index (χ2v) is 5.75. The van der Waals surface area contributed by atoms with Gasteiger partial charge in [-0.25, -0.2) is 4.79 Å². The second-order valence-electron chi connectivity index (χ2n) is 5.75. The van der Waals surface area contributed by atoms with Crippen LogP contribution in [0.1, 0.15) is 32.1 Å². The Balaban J connectivity index is 0.00000256. The molecule has 0 unspecified atom stereocenters. The molecule has 0 aromatic carbocycles. The van der Waals surface area contributed by atoms with Gasteiger partial charge in [-0.3, -0.25) is 0 Å². The van der Waals surface area contributed by atoms with Crippen molar-refractivity contribution >= 4 is 6.03 Å². The molecule has 0 atom stereocenters. The molecule has 0 bridgehead atoms. The number of quaternary nitrogens is 1. The average Bonchev–Trinajstić information content (AvgIpc) is 2.17. The van der Waals surface area contributed by atoms with Crippen LogP contribution in [0.5, 0.6) is 0 Å². The first-order chi connectivity index (χ1) is 7.47. The van der Waals surface area contributed by atoms with E-state index < -0.39 is 0 Å². The van der Waals surface area contributed by atoms with E-state index in [0.717, 1.165) is 30.4 Å². The molecule has 0 saturated heterocycles. The number of nitrogens with zero attached hydrogens (tertiary/aromatic N) is 1. The number of amides is 2. The highest BCUT2D eigenvalue weighted by Crippen LogP contribution is 2.16. The molecule has 4 nitrogen and oxygen atoms in total. The number of hydrogen-bond donors (Lipinski definition) is 2. The topological polar surface area (TPSA) is 41.1 Å². The van der Waals surface area contributed by atoms with Crippen molar-refractivity contribution in [3.05, 3.63) is 0 Å². The van der Waals surface area contributed by atoms with Gasteiger partial charge < -0.3 is 39.1 Å². The first-order valence-corrected chi connectivity index (χ1v) is 6.32. The maximum absolute atomic E-state index is 11.6. The number of hydrogen-bond acceptors (Lipinski definition) is 1. The standard InChI is InChI=1S/C12H25N3O.HI/c1-15(2,3)10-9-13-12(16)14-11-7-5-4-6-8-11;/h11H,4-10H2,1-3H3,(H-,13,14,16);1H. The lowest BCUT2D eigenvalue weighted by Gasteiger charge is -2.25. The molecule has 1 rings (SSSR count). The Morgan fingerprint density at radius 3 is 2.29 bits per heavy atom. The molecule has 102 valence electrons. The third-order valence-electron chi connectivity index (χ3n) is 3.01. The summed E-state index contributed by atoms with van der Waals surface area (Å²) in [6.07, 6.45) is 6.11. The third-order valence-corrected chi connectivity index (χ3v) is 3.01. The van der Waals surface area contributed by atoms with Gasteiger partial charge in [-0.15, -0.1) is 0 Å². The molecule has 2 N–H and O–H groups in total. The number of urea groups is 1. The van der Waals surface area contributed by atoms with Crippen molar-refractivity contribution in [3.63, 3.8) is 0 Å². The molecule has 5 heteroatoms. The fraction of sp³-hybridized carbons (Fsp3) is 0.917. The normalized spacial score (nSPS) is 17.1. The number of rotatable bonds is 4. The molecule has 1 fully saturated rings. The number of carbonyl (C=O) groups is 1. The molecule has 0 aromatic rings. The van der Waals surface area contributed by atoms with Gasteiger partial charge in [0, 0.05) is 6.04 Å². The van der Waals surface area contributed by atoms with E-state index in [1.165, 1.54) is 19.3 Å². The summed E-state index contributed by atoms with van der Waals surface area (Å²) in [7, 11) is 6.38. The summed E-state index contributed by atoms with van der Waals surface area (Å²) in [5.74, 6) is 0. The van der Waals surface area contributed by atoms with Crippen LogP contribution in [0.2, 0.25) is 0 Å². The molecule has 1 aliphatic carbocycles. The zero-order valence-corrected chi connectivity index (χ0v) is 13.4. The minimum absolute atomic E-state index is 0. The predicted octanol–water partition coefficient (Wildman–Crippen LogP) is -1.67. The van der Waals surface area contributed by atoms with E-state index in [2.05, 4.69) is 31.8 Å². The van der Waals surface area contributed by atoms with Gasteiger partial charge in [0.25, 0.3) is 0 Å². The Bertz CT molecular complexity index is 222. The van der Waals surface area contributed by atoms with Gasteiger partial charge >= 0.3 is 6.03 Å². The maximum atomic E-state index is 11.6. The van der Waals surface area contributed by atoms with Gasteiger partial charge in [0.1, 0.15) is 0 Å². The maximum Gasteiger partial charge on any atom is 0.315 e. The van der Waals surface area contributed by atoms with Gasteiger partial charge in [-0.05, 0) is 12.8 Å². The Morgan fingerprint density at radius 1 is 1.18 bits per heavy atom. The average molecular weight is 355 g/mol. The van der Waals surface area contributed by atoms with Crippen molar-refractivity contribution in [1.29, 1.82) is 0 Å². The number of likely N-dealkylation sites (N-methyl/N-ethyl adjacent to an activating group) is 1. The van der Waals surface area contributed by atoms with Crippen LogP contribution in [0.3, 0.4) is 0 Å². The van der Waals surface area contributed by atoms with Crippen molar-refractivity contribution in [2.45, 2.75) is 38.1 Å². The lowest BCUT2D eigenvalue weighted by Crippen LogP contribution is -3.00. The molecular weight excluding hydrogens is 329 g/mol. The second kappa shape index (κ2) is 8.13. The van der Waals surface area contributed by atoms with Crippen molar-refractivity contribution in [1.82, 2.24) is 10.6 Å². The monoisotopic (exact) mass is 355 g/mol. The van der Waals surface area contributed by atoms with E-state index in [9.17, 15) is 4.79 Å². The molecule has 1 aliphatic rings. The van der Waals surface area contributed by atoms with Crippen LogP contribution in [-0.4, -0.2) is 50.8 Å². The first-order valence-electron chi connectivity index (χ1n) is 6.32. The SMILES string of the molecule is C[N+](C)(C)CCNC(=O)NC1CCCCC1.[I-]. The number of carbonyl (C=O) groups excluding carboxylic acids is 1. The highest BCUT2D eigenvalue weighted by Gasteiger charge is 2.15. The van der Waals surface area contributed by atoms with Crippen molar-refractivity contribution in [2.24, 2.45) is 0 Å². The summed E-state index contributed by atoms with van der Waals surface area (Å²) in [5, 5.41) is 5.97. The van der Waals surface area contributed by atoms with Crippen LogP contribution in [0.4, 0.5) is 4.79 Å². The van der Waals surface area contributed by atoms with Crippen LogP contribution in [0.25, 0.3) is 0 Å². The van der Waals surface area contributed by atoms with Gasteiger partial charge in [-0.2, -0.15) is 0 Å². The first kappa shape index (κ1) is 17.0. The van der Waals surface area contributed by atoms with E-state index in [1.807, 2.05) is 0 Å². The van der Waals surface area contributed by atoms with Crippen LogP contribution >= 0.6 is 0 Å². The Labute approximate surface area is 122 Å². The highest BCUT2D eigenvalue weighted by molar-refractivity contribution is 5.74. The summed E-state index contributed by atoms with van der Waals surface area (Å²) in [5.41, 5.74) is 0. The minimum atomic E-state index is 0. The third kappa shape index (κ3) is 8.65. The molecule has 0 spiro atoms. The zero-order chi connectivity index (χ0) is 12.0. The Morgan fingerprint density at radius 2 is 1.76 bits per heavy atom. The smallest absolute Gasteiger partial charge is 0.315 e. The molecular formula is C12H26IN3O. The van der Waals surface area contributed by atoms with Crippen LogP contribution in [0.15, 0.2) is 0 Å². The molecule has 0 aliphatic heterocycles. The Kier molecular flexibility index (Phi) is 8.11. The van der Waals surface area contributed by atoms with Crippen LogP contribution in [0, 0.1) is 0 Å². The molecule has 0 radical (unpaired) electrons. The van der Waals surface area contributed by atoms with Crippen molar-refractivity contribution < 1.29 is 33.3 Å². The predicted molar refractivity (Wildman–Crippen MR) is 66.3 cm³/mol. The summed E-state index contributed by atoms with van der Waals surface area (Å²) < 4.78 is 0.879.